The number of thioether (sulfide) groups is 1. The number of rotatable bonds is 8. The molecule has 0 unspecified atom stereocenters. The summed E-state index contributed by atoms with van der Waals surface area (Å²) < 4.78 is 4.43. The van der Waals surface area contributed by atoms with Crippen LogP contribution in [0.5, 0.6) is 0 Å². The summed E-state index contributed by atoms with van der Waals surface area (Å²) in [6.45, 7) is 0.318. The fourth-order valence-electron chi connectivity index (χ4n) is 1.41. The predicted octanol–water partition coefficient (Wildman–Crippen LogP) is 3.78. The SMILES string of the molecule is O=C(O)OCCCCCSCc1ccccc1. The molecule has 0 fully saturated rings. The van der Waals surface area contributed by atoms with Crippen molar-refractivity contribution in [3.8, 4) is 0 Å². The van der Waals surface area contributed by atoms with Crippen LogP contribution < -0.4 is 0 Å². The van der Waals surface area contributed by atoms with Crippen LogP contribution in [0.3, 0.4) is 0 Å². The maximum atomic E-state index is 10.1. The largest absolute Gasteiger partial charge is 0.505 e. The van der Waals surface area contributed by atoms with Crippen LogP contribution in [0.1, 0.15) is 24.8 Å². The predicted molar refractivity (Wildman–Crippen MR) is 70.4 cm³/mol. The Bertz CT molecular complexity index is 314. The van der Waals surface area contributed by atoms with Gasteiger partial charge in [-0.15, -0.1) is 0 Å². The second-order valence-electron chi connectivity index (χ2n) is 3.71. The lowest BCUT2D eigenvalue weighted by Gasteiger charge is -2.02. The molecule has 0 spiro atoms. The van der Waals surface area contributed by atoms with Crippen LogP contribution in [0, 0.1) is 0 Å². The molecular weight excluding hydrogens is 236 g/mol. The molecule has 1 rings (SSSR count). The van der Waals surface area contributed by atoms with Gasteiger partial charge in [-0.2, -0.15) is 11.8 Å². The fraction of sp³-hybridized carbons (Fsp3) is 0.462. The Kier molecular flexibility index (Phi) is 7.30. The van der Waals surface area contributed by atoms with Crippen molar-refractivity contribution in [3.05, 3.63) is 35.9 Å². The van der Waals surface area contributed by atoms with Crippen molar-refractivity contribution >= 4 is 17.9 Å². The molecule has 94 valence electrons. The second-order valence-corrected chi connectivity index (χ2v) is 4.82. The van der Waals surface area contributed by atoms with Gasteiger partial charge in [0.05, 0.1) is 6.61 Å². The number of hydrogen-bond donors (Lipinski definition) is 1. The minimum absolute atomic E-state index is 0.318. The van der Waals surface area contributed by atoms with E-state index in [1.165, 1.54) is 5.56 Å². The van der Waals surface area contributed by atoms with Gasteiger partial charge in [0.1, 0.15) is 0 Å². The first kappa shape index (κ1) is 13.9. The zero-order valence-corrected chi connectivity index (χ0v) is 10.6. The molecule has 3 nitrogen and oxygen atoms in total. The van der Waals surface area contributed by atoms with Gasteiger partial charge in [-0.3, -0.25) is 0 Å². The molecule has 0 aliphatic heterocycles. The van der Waals surface area contributed by atoms with Crippen molar-refractivity contribution in [2.45, 2.75) is 25.0 Å². The molecule has 0 heterocycles. The molecule has 4 heteroatoms. The average Bonchev–Trinajstić information content (AvgIpc) is 2.33. The van der Waals surface area contributed by atoms with Crippen LogP contribution in [0.4, 0.5) is 4.79 Å². The lowest BCUT2D eigenvalue weighted by molar-refractivity contribution is 0.0901. The maximum absolute atomic E-state index is 10.1. The van der Waals surface area contributed by atoms with Crippen molar-refractivity contribution in [2.75, 3.05) is 12.4 Å². The van der Waals surface area contributed by atoms with E-state index in [1.807, 2.05) is 17.8 Å². The van der Waals surface area contributed by atoms with E-state index in [0.717, 1.165) is 30.8 Å². The lowest BCUT2D eigenvalue weighted by Crippen LogP contribution is -2.01. The number of ether oxygens (including phenoxy) is 1. The van der Waals surface area contributed by atoms with Gasteiger partial charge < -0.3 is 9.84 Å². The monoisotopic (exact) mass is 254 g/mol. The summed E-state index contributed by atoms with van der Waals surface area (Å²) in [6, 6.07) is 10.4. The van der Waals surface area contributed by atoms with Gasteiger partial charge in [-0.05, 0) is 30.6 Å². The van der Waals surface area contributed by atoms with Gasteiger partial charge >= 0.3 is 6.16 Å². The molecule has 17 heavy (non-hydrogen) atoms. The topological polar surface area (TPSA) is 46.5 Å². The van der Waals surface area contributed by atoms with Gasteiger partial charge in [-0.1, -0.05) is 30.3 Å². The van der Waals surface area contributed by atoms with Crippen LogP contribution in [0.15, 0.2) is 30.3 Å². The van der Waals surface area contributed by atoms with Crippen LogP contribution >= 0.6 is 11.8 Å². The Hall–Kier alpha value is -1.16. The van der Waals surface area contributed by atoms with E-state index in [0.29, 0.717) is 6.61 Å². The van der Waals surface area contributed by atoms with E-state index in [9.17, 15) is 4.79 Å². The quantitative estimate of drug-likeness (QED) is 0.566. The highest BCUT2D eigenvalue weighted by Crippen LogP contribution is 2.13. The van der Waals surface area contributed by atoms with E-state index in [4.69, 9.17) is 5.11 Å². The molecule has 1 aromatic carbocycles. The maximum Gasteiger partial charge on any atom is 0.505 e. The highest BCUT2D eigenvalue weighted by Gasteiger charge is 1.96. The fourth-order valence-corrected chi connectivity index (χ4v) is 2.39. The van der Waals surface area contributed by atoms with E-state index >= 15 is 0 Å². The first-order valence-corrected chi connectivity index (χ1v) is 6.92. The standard InChI is InChI=1S/C13H18O3S/c14-13(15)16-9-5-2-6-10-17-11-12-7-3-1-4-8-12/h1,3-4,7-8H,2,5-6,9-11H2,(H,14,15). The number of carbonyl (C=O) groups is 1. The smallest absolute Gasteiger partial charge is 0.450 e. The van der Waals surface area contributed by atoms with E-state index in [-0.39, 0.29) is 0 Å². The lowest BCUT2D eigenvalue weighted by atomic mass is 10.2. The van der Waals surface area contributed by atoms with Crippen LogP contribution in [-0.2, 0) is 10.5 Å². The molecule has 0 aromatic heterocycles. The summed E-state index contributed by atoms with van der Waals surface area (Å²) in [5, 5.41) is 8.25. The van der Waals surface area contributed by atoms with Crippen molar-refractivity contribution in [1.29, 1.82) is 0 Å². The number of carboxylic acid groups (broad SMARTS) is 1. The molecule has 1 N–H and O–H groups in total. The Morgan fingerprint density at radius 1 is 1.18 bits per heavy atom. The zero-order chi connectivity index (χ0) is 12.3. The molecular formula is C13H18O3S. The summed E-state index contributed by atoms with van der Waals surface area (Å²) in [5.74, 6) is 2.16. The van der Waals surface area contributed by atoms with E-state index in [1.54, 1.807) is 0 Å². The Morgan fingerprint density at radius 3 is 2.65 bits per heavy atom. The zero-order valence-electron chi connectivity index (χ0n) is 9.80. The van der Waals surface area contributed by atoms with Crippen molar-refractivity contribution in [2.24, 2.45) is 0 Å². The highest BCUT2D eigenvalue weighted by atomic mass is 32.2. The summed E-state index contributed by atoms with van der Waals surface area (Å²) >= 11 is 1.91. The Morgan fingerprint density at radius 2 is 1.94 bits per heavy atom. The summed E-state index contributed by atoms with van der Waals surface area (Å²) in [7, 11) is 0. The Balaban J connectivity index is 1.90. The number of unbranched alkanes of at least 4 members (excludes halogenated alkanes) is 2. The van der Waals surface area contributed by atoms with E-state index < -0.39 is 6.16 Å². The van der Waals surface area contributed by atoms with Crippen molar-refractivity contribution in [3.63, 3.8) is 0 Å². The first-order valence-electron chi connectivity index (χ1n) is 5.76. The summed E-state index contributed by atoms with van der Waals surface area (Å²) in [4.78, 5) is 10.1. The van der Waals surface area contributed by atoms with Gasteiger partial charge in [-0.25, -0.2) is 4.79 Å². The summed E-state index contributed by atoms with van der Waals surface area (Å²) in [6.07, 6.45) is 1.77. The molecule has 0 amide bonds. The van der Waals surface area contributed by atoms with Gasteiger partial charge in [0, 0.05) is 5.75 Å². The average molecular weight is 254 g/mol. The number of benzene rings is 1. The summed E-state index contributed by atoms with van der Waals surface area (Å²) in [5.41, 5.74) is 1.35. The molecule has 0 radical (unpaired) electrons. The van der Waals surface area contributed by atoms with Gasteiger partial charge in [0.2, 0.25) is 0 Å². The van der Waals surface area contributed by atoms with E-state index in [2.05, 4.69) is 29.0 Å². The minimum atomic E-state index is -1.18. The third-order valence-electron chi connectivity index (χ3n) is 2.27. The highest BCUT2D eigenvalue weighted by molar-refractivity contribution is 7.98. The Labute approximate surface area is 106 Å². The van der Waals surface area contributed by atoms with Crippen molar-refractivity contribution in [1.82, 2.24) is 0 Å². The van der Waals surface area contributed by atoms with Gasteiger partial charge in [0.15, 0.2) is 0 Å². The first-order chi connectivity index (χ1) is 8.29. The number of hydrogen-bond acceptors (Lipinski definition) is 3. The molecule has 1 aromatic rings. The molecule has 0 bridgehead atoms. The van der Waals surface area contributed by atoms with Gasteiger partial charge in [0.25, 0.3) is 0 Å². The van der Waals surface area contributed by atoms with Crippen LogP contribution in [0.2, 0.25) is 0 Å². The third-order valence-corrected chi connectivity index (χ3v) is 3.38. The van der Waals surface area contributed by atoms with Crippen LogP contribution in [0.25, 0.3) is 0 Å². The minimum Gasteiger partial charge on any atom is -0.450 e. The molecule has 0 saturated heterocycles. The normalized spacial score (nSPS) is 10.1. The molecule has 0 saturated carbocycles. The third kappa shape index (κ3) is 7.69. The second kappa shape index (κ2) is 8.93. The molecule has 0 aliphatic rings. The molecule has 0 atom stereocenters. The van der Waals surface area contributed by atoms with Crippen LogP contribution in [-0.4, -0.2) is 23.6 Å². The van der Waals surface area contributed by atoms with Crippen molar-refractivity contribution < 1.29 is 14.6 Å². The molecule has 0 aliphatic carbocycles.